The van der Waals surface area contributed by atoms with Crippen molar-refractivity contribution < 1.29 is 9.90 Å². The highest BCUT2D eigenvalue weighted by molar-refractivity contribution is 6.42. The second kappa shape index (κ2) is 5.87. The number of halogens is 3. The van der Waals surface area contributed by atoms with Gasteiger partial charge in [0.05, 0.1) is 21.6 Å². The Labute approximate surface area is 129 Å². The summed E-state index contributed by atoms with van der Waals surface area (Å²) in [5.74, 6) is -1.32. The summed E-state index contributed by atoms with van der Waals surface area (Å²) in [6, 6.07) is 6.03. The number of carbonyl (C=O) groups is 1. The molecular formula is C13H8Cl3NO3. The molecule has 0 aliphatic rings. The molecule has 0 bridgehead atoms. The molecule has 2 aromatic rings. The first-order chi connectivity index (χ1) is 9.38. The molecule has 0 saturated carbocycles. The predicted octanol–water partition coefficient (Wildman–Crippen LogP) is 3.56. The first-order valence-electron chi connectivity index (χ1n) is 5.45. The van der Waals surface area contributed by atoms with Gasteiger partial charge in [-0.05, 0) is 23.8 Å². The van der Waals surface area contributed by atoms with Crippen LogP contribution in [0.5, 0.6) is 0 Å². The lowest BCUT2D eigenvalue weighted by molar-refractivity contribution is 0.0694. The molecule has 1 aromatic heterocycles. The van der Waals surface area contributed by atoms with E-state index in [1.807, 2.05) is 0 Å². The molecule has 104 valence electrons. The van der Waals surface area contributed by atoms with Crippen molar-refractivity contribution in [2.24, 2.45) is 0 Å². The van der Waals surface area contributed by atoms with Crippen molar-refractivity contribution in [1.82, 2.24) is 4.57 Å². The Morgan fingerprint density at radius 3 is 2.45 bits per heavy atom. The molecule has 2 rings (SSSR count). The van der Waals surface area contributed by atoms with Crippen LogP contribution >= 0.6 is 34.8 Å². The van der Waals surface area contributed by atoms with E-state index in [0.29, 0.717) is 15.6 Å². The number of hydrogen-bond donors (Lipinski definition) is 1. The fourth-order valence-corrected chi connectivity index (χ4v) is 2.25. The number of hydrogen-bond acceptors (Lipinski definition) is 2. The quantitative estimate of drug-likeness (QED) is 0.935. The molecule has 4 nitrogen and oxygen atoms in total. The first kappa shape index (κ1) is 14.9. The summed E-state index contributed by atoms with van der Waals surface area (Å²) >= 11 is 17.5. The van der Waals surface area contributed by atoms with Crippen molar-refractivity contribution in [1.29, 1.82) is 0 Å². The van der Waals surface area contributed by atoms with Gasteiger partial charge in [-0.15, -0.1) is 0 Å². The number of nitrogens with zero attached hydrogens (tertiary/aromatic N) is 1. The Kier molecular flexibility index (Phi) is 4.38. The number of carboxylic acids is 1. The largest absolute Gasteiger partial charge is 0.477 e. The summed E-state index contributed by atoms with van der Waals surface area (Å²) in [4.78, 5) is 23.0. The van der Waals surface area contributed by atoms with Gasteiger partial charge in [0.1, 0.15) is 5.56 Å². The Balaban J connectivity index is 2.45. The van der Waals surface area contributed by atoms with Crippen molar-refractivity contribution in [2.75, 3.05) is 0 Å². The van der Waals surface area contributed by atoms with Gasteiger partial charge in [0.2, 0.25) is 0 Å². The second-order valence-electron chi connectivity index (χ2n) is 4.06. The third-order valence-corrected chi connectivity index (χ3v) is 3.57. The lowest BCUT2D eigenvalue weighted by atomic mass is 10.2. The van der Waals surface area contributed by atoms with Crippen LogP contribution < -0.4 is 5.56 Å². The Hall–Kier alpha value is -1.49. The van der Waals surface area contributed by atoms with E-state index in [0.717, 1.165) is 6.07 Å². The van der Waals surface area contributed by atoms with Gasteiger partial charge in [-0.2, -0.15) is 0 Å². The molecule has 7 heteroatoms. The third kappa shape index (κ3) is 3.15. The molecule has 0 aliphatic heterocycles. The summed E-state index contributed by atoms with van der Waals surface area (Å²) in [5, 5.41) is 9.88. The third-order valence-electron chi connectivity index (χ3n) is 2.62. The Morgan fingerprint density at radius 2 is 1.85 bits per heavy atom. The van der Waals surface area contributed by atoms with E-state index >= 15 is 0 Å². The summed E-state index contributed by atoms with van der Waals surface area (Å²) in [6.07, 6.45) is 1.37. The van der Waals surface area contributed by atoms with Gasteiger partial charge < -0.3 is 9.67 Å². The van der Waals surface area contributed by atoms with Crippen molar-refractivity contribution in [2.45, 2.75) is 6.54 Å². The van der Waals surface area contributed by atoms with Crippen LogP contribution in [-0.2, 0) is 6.54 Å². The lowest BCUT2D eigenvalue weighted by Crippen LogP contribution is -2.26. The molecular weight excluding hydrogens is 325 g/mol. The molecule has 1 heterocycles. The zero-order chi connectivity index (χ0) is 14.9. The topological polar surface area (TPSA) is 59.3 Å². The van der Waals surface area contributed by atoms with E-state index < -0.39 is 11.5 Å². The smallest absolute Gasteiger partial charge is 0.341 e. The van der Waals surface area contributed by atoms with Crippen LogP contribution in [0.1, 0.15) is 15.9 Å². The number of carboxylic acid groups (broad SMARTS) is 1. The van der Waals surface area contributed by atoms with E-state index in [1.165, 1.54) is 10.8 Å². The van der Waals surface area contributed by atoms with Crippen molar-refractivity contribution in [3.05, 3.63) is 67.0 Å². The van der Waals surface area contributed by atoms with Crippen LogP contribution in [0.2, 0.25) is 15.1 Å². The van der Waals surface area contributed by atoms with Crippen LogP contribution in [-0.4, -0.2) is 15.6 Å². The molecule has 1 aromatic carbocycles. The molecule has 0 spiro atoms. The summed E-state index contributed by atoms with van der Waals surface area (Å²) in [5.41, 5.74) is -0.300. The fourth-order valence-electron chi connectivity index (χ4n) is 1.70. The van der Waals surface area contributed by atoms with Crippen molar-refractivity contribution >= 4 is 40.8 Å². The summed E-state index contributed by atoms with van der Waals surface area (Å²) < 4.78 is 1.21. The number of aromatic nitrogens is 1. The number of benzene rings is 1. The fraction of sp³-hybridized carbons (Fsp3) is 0.0769. The molecule has 0 radical (unpaired) electrons. The molecule has 0 aliphatic carbocycles. The van der Waals surface area contributed by atoms with Crippen LogP contribution in [0.4, 0.5) is 0 Å². The standard InChI is InChI=1S/C13H8Cl3NO3/c14-8-4-9(13(19)20)12(18)17(6-8)5-7-1-2-10(15)11(16)3-7/h1-4,6H,5H2,(H,19,20). The predicted molar refractivity (Wildman–Crippen MR) is 78.2 cm³/mol. The highest BCUT2D eigenvalue weighted by atomic mass is 35.5. The van der Waals surface area contributed by atoms with E-state index in [4.69, 9.17) is 39.9 Å². The molecule has 0 unspecified atom stereocenters. The van der Waals surface area contributed by atoms with Crippen LogP contribution in [0.3, 0.4) is 0 Å². The highest BCUT2D eigenvalue weighted by Gasteiger charge is 2.13. The van der Waals surface area contributed by atoms with Crippen LogP contribution in [0.15, 0.2) is 35.3 Å². The summed E-state index contributed by atoms with van der Waals surface area (Å²) in [7, 11) is 0. The normalized spacial score (nSPS) is 10.6. The SMILES string of the molecule is O=C(O)c1cc(Cl)cn(Cc2ccc(Cl)c(Cl)c2)c1=O. The Bertz CT molecular complexity index is 740. The maximum atomic E-state index is 12.0. The molecule has 1 N–H and O–H groups in total. The van der Waals surface area contributed by atoms with E-state index in [-0.39, 0.29) is 17.1 Å². The molecule has 20 heavy (non-hydrogen) atoms. The Morgan fingerprint density at radius 1 is 1.15 bits per heavy atom. The number of rotatable bonds is 3. The number of aromatic carboxylic acids is 1. The van der Waals surface area contributed by atoms with Gasteiger partial charge in [-0.3, -0.25) is 4.79 Å². The number of pyridine rings is 1. The van der Waals surface area contributed by atoms with Gasteiger partial charge in [-0.25, -0.2) is 4.79 Å². The zero-order valence-corrected chi connectivity index (χ0v) is 12.2. The summed E-state index contributed by atoms with van der Waals surface area (Å²) in [6.45, 7) is 0.149. The molecule has 0 saturated heterocycles. The van der Waals surface area contributed by atoms with Gasteiger partial charge in [0.15, 0.2) is 0 Å². The minimum atomic E-state index is -1.32. The van der Waals surface area contributed by atoms with E-state index in [9.17, 15) is 9.59 Å². The van der Waals surface area contributed by atoms with Gasteiger partial charge in [0.25, 0.3) is 5.56 Å². The minimum absolute atomic E-state index is 0.149. The van der Waals surface area contributed by atoms with E-state index in [1.54, 1.807) is 18.2 Å². The van der Waals surface area contributed by atoms with Gasteiger partial charge in [-0.1, -0.05) is 40.9 Å². The highest BCUT2D eigenvalue weighted by Crippen LogP contribution is 2.23. The first-order valence-corrected chi connectivity index (χ1v) is 6.59. The second-order valence-corrected chi connectivity index (χ2v) is 5.31. The average Bonchev–Trinajstić information content (AvgIpc) is 2.37. The average molecular weight is 333 g/mol. The van der Waals surface area contributed by atoms with Crippen molar-refractivity contribution in [3.8, 4) is 0 Å². The monoisotopic (exact) mass is 331 g/mol. The van der Waals surface area contributed by atoms with Gasteiger partial charge in [0, 0.05) is 6.20 Å². The van der Waals surface area contributed by atoms with Crippen molar-refractivity contribution in [3.63, 3.8) is 0 Å². The van der Waals surface area contributed by atoms with E-state index in [2.05, 4.69) is 0 Å². The maximum absolute atomic E-state index is 12.0. The van der Waals surface area contributed by atoms with Gasteiger partial charge >= 0.3 is 5.97 Å². The zero-order valence-electron chi connectivity index (χ0n) is 9.94. The lowest BCUT2D eigenvalue weighted by Gasteiger charge is -2.08. The molecule has 0 fully saturated rings. The molecule has 0 amide bonds. The maximum Gasteiger partial charge on any atom is 0.341 e. The molecule has 0 atom stereocenters. The van der Waals surface area contributed by atoms with Crippen LogP contribution in [0, 0.1) is 0 Å². The van der Waals surface area contributed by atoms with Crippen LogP contribution in [0.25, 0.3) is 0 Å². The minimum Gasteiger partial charge on any atom is -0.477 e.